The summed E-state index contributed by atoms with van der Waals surface area (Å²) in [6.07, 6.45) is 2.95. The van der Waals surface area contributed by atoms with Gasteiger partial charge in [-0.25, -0.2) is 0 Å². The van der Waals surface area contributed by atoms with Crippen molar-refractivity contribution in [3.63, 3.8) is 0 Å². The van der Waals surface area contributed by atoms with Gasteiger partial charge >= 0.3 is 0 Å². The van der Waals surface area contributed by atoms with Crippen LogP contribution in [0.15, 0.2) is 18.2 Å². The summed E-state index contributed by atoms with van der Waals surface area (Å²) < 4.78 is 10.4. The highest BCUT2D eigenvalue weighted by atomic mass is 32.1. The Labute approximate surface area is 173 Å². The number of amides is 1. The van der Waals surface area contributed by atoms with Gasteiger partial charge in [-0.05, 0) is 55.1 Å². The zero-order valence-corrected chi connectivity index (χ0v) is 17.6. The van der Waals surface area contributed by atoms with E-state index in [0.717, 1.165) is 24.8 Å². The number of thiocarbonyl (C=S) groups is 1. The number of thiophene rings is 1. The van der Waals surface area contributed by atoms with Gasteiger partial charge in [0.2, 0.25) is 0 Å². The summed E-state index contributed by atoms with van der Waals surface area (Å²) in [4.78, 5) is 13.8. The number of hydrogen-bond donors (Lipinski definition) is 2. The van der Waals surface area contributed by atoms with E-state index in [1.165, 1.54) is 12.0 Å². The largest absolute Gasteiger partial charge is 0.497 e. The van der Waals surface area contributed by atoms with E-state index >= 15 is 0 Å². The molecule has 28 heavy (non-hydrogen) atoms. The molecule has 2 N–H and O–H groups in total. The van der Waals surface area contributed by atoms with Gasteiger partial charge in [-0.1, -0.05) is 6.92 Å². The van der Waals surface area contributed by atoms with Gasteiger partial charge in [0.1, 0.15) is 22.6 Å². The smallest absolute Gasteiger partial charge is 0.261 e. The first-order valence-electron chi connectivity index (χ1n) is 8.85. The predicted molar refractivity (Wildman–Crippen MR) is 113 cm³/mol. The number of methoxy groups -OCH3 is 2. The number of hydrogen-bond acceptors (Lipinski definition) is 6. The monoisotopic (exact) mass is 415 g/mol. The molecule has 1 aromatic heterocycles. The Hall–Kier alpha value is -2.63. The Balaban J connectivity index is 1.75. The summed E-state index contributed by atoms with van der Waals surface area (Å²) in [6, 6.07) is 7.20. The Morgan fingerprint density at radius 3 is 2.82 bits per heavy atom. The Morgan fingerprint density at radius 1 is 1.36 bits per heavy atom. The SMILES string of the molecule is COc1ccc(C(=O)NC(=S)Nc2sc3c(c2C#N)CC[C@@H](C)C3)c(OC)c1. The molecule has 0 radical (unpaired) electrons. The number of carbonyl (C=O) groups excluding carboxylic acids is 1. The highest BCUT2D eigenvalue weighted by molar-refractivity contribution is 7.80. The van der Waals surface area contributed by atoms with Crippen molar-refractivity contribution < 1.29 is 14.3 Å². The average Bonchev–Trinajstić information content (AvgIpc) is 3.02. The van der Waals surface area contributed by atoms with Gasteiger partial charge in [0.25, 0.3) is 5.91 Å². The van der Waals surface area contributed by atoms with E-state index in [9.17, 15) is 10.1 Å². The van der Waals surface area contributed by atoms with Crippen molar-refractivity contribution in [1.82, 2.24) is 5.32 Å². The molecule has 0 saturated heterocycles. The van der Waals surface area contributed by atoms with Crippen LogP contribution < -0.4 is 20.1 Å². The van der Waals surface area contributed by atoms with Crippen molar-refractivity contribution in [1.29, 1.82) is 5.26 Å². The lowest BCUT2D eigenvalue weighted by molar-refractivity contribution is 0.0974. The number of ether oxygens (including phenoxy) is 2. The van der Waals surface area contributed by atoms with Crippen molar-refractivity contribution in [2.75, 3.05) is 19.5 Å². The average molecular weight is 416 g/mol. The van der Waals surface area contributed by atoms with Gasteiger partial charge < -0.3 is 14.8 Å². The maximum Gasteiger partial charge on any atom is 0.261 e. The van der Waals surface area contributed by atoms with Crippen LogP contribution >= 0.6 is 23.6 Å². The number of rotatable bonds is 4. The zero-order chi connectivity index (χ0) is 20.3. The molecule has 0 fully saturated rings. The molecule has 0 aliphatic heterocycles. The fourth-order valence-electron chi connectivity index (χ4n) is 3.25. The number of nitrogens with one attached hydrogen (secondary N) is 2. The van der Waals surface area contributed by atoms with Crippen LogP contribution in [0, 0.1) is 17.2 Å². The van der Waals surface area contributed by atoms with Crippen molar-refractivity contribution in [3.05, 3.63) is 39.8 Å². The molecule has 1 aliphatic rings. The molecule has 6 nitrogen and oxygen atoms in total. The van der Waals surface area contributed by atoms with Gasteiger partial charge in [0.05, 0.1) is 25.3 Å². The molecule has 1 amide bonds. The fourth-order valence-corrected chi connectivity index (χ4v) is 4.87. The molecule has 1 atom stereocenters. The second-order valence-electron chi connectivity index (χ2n) is 6.64. The highest BCUT2D eigenvalue weighted by Gasteiger charge is 2.24. The van der Waals surface area contributed by atoms with Crippen molar-refractivity contribution in [2.45, 2.75) is 26.2 Å². The third-order valence-corrected chi connectivity index (χ3v) is 6.10. The molecular formula is C20H21N3O3S2. The quantitative estimate of drug-likeness (QED) is 0.737. The van der Waals surface area contributed by atoms with E-state index in [-0.39, 0.29) is 5.11 Å². The van der Waals surface area contributed by atoms with E-state index in [1.807, 2.05) is 0 Å². The van der Waals surface area contributed by atoms with Crippen molar-refractivity contribution >= 4 is 39.6 Å². The van der Waals surface area contributed by atoms with Gasteiger partial charge in [0, 0.05) is 10.9 Å². The molecule has 0 unspecified atom stereocenters. The molecule has 0 bridgehead atoms. The van der Waals surface area contributed by atoms with Gasteiger partial charge in [-0.3, -0.25) is 10.1 Å². The number of fused-ring (bicyclic) bond motifs is 1. The number of nitriles is 1. The van der Waals surface area contributed by atoms with E-state index in [2.05, 4.69) is 23.6 Å². The van der Waals surface area contributed by atoms with Gasteiger partial charge in [-0.2, -0.15) is 5.26 Å². The Morgan fingerprint density at radius 2 is 2.14 bits per heavy atom. The minimum absolute atomic E-state index is 0.144. The van der Waals surface area contributed by atoms with Crippen LogP contribution in [0.5, 0.6) is 11.5 Å². The van der Waals surface area contributed by atoms with Crippen LogP contribution in [0.2, 0.25) is 0 Å². The summed E-state index contributed by atoms with van der Waals surface area (Å²) in [7, 11) is 3.03. The number of benzene rings is 1. The maximum absolute atomic E-state index is 12.6. The van der Waals surface area contributed by atoms with Crippen LogP contribution in [0.25, 0.3) is 0 Å². The summed E-state index contributed by atoms with van der Waals surface area (Å²) in [5.74, 6) is 1.19. The third-order valence-electron chi connectivity index (χ3n) is 4.73. The molecule has 1 aliphatic carbocycles. The standard InChI is InChI=1S/C20H21N3O3S2/c1-11-4-6-13-15(10-21)19(28-17(13)8-11)23-20(27)22-18(24)14-7-5-12(25-2)9-16(14)26-3/h5,7,9,11H,4,6,8H2,1-3H3,(H2,22,23,24,27)/t11-/m1/s1. The van der Waals surface area contributed by atoms with Crippen LogP contribution in [0.3, 0.4) is 0 Å². The van der Waals surface area contributed by atoms with Gasteiger partial charge in [-0.15, -0.1) is 11.3 Å². The minimum Gasteiger partial charge on any atom is -0.497 e. The van der Waals surface area contributed by atoms with E-state index < -0.39 is 5.91 Å². The summed E-state index contributed by atoms with van der Waals surface area (Å²) in [5, 5.41) is 16.1. The molecule has 0 saturated carbocycles. The first-order chi connectivity index (χ1) is 13.5. The zero-order valence-electron chi connectivity index (χ0n) is 15.9. The molecule has 3 rings (SSSR count). The topological polar surface area (TPSA) is 83.4 Å². The Bertz CT molecular complexity index is 962. The second-order valence-corrected chi connectivity index (χ2v) is 8.16. The van der Waals surface area contributed by atoms with Crippen molar-refractivity contribution in [3.8, 4) is 17.6 Å². The normalized spacial score (nSPS) is 15.1. The second kappa shape index (κ2) is 8.59. The van der Waals surface area contributed by atoms with Gasteiger partial charge in [0.15, 0.2) is 5.11 Å². The number of nitrogens with zero attached hydrogens (tertiary/aromatic N) is 1. The lowest BCUT2D eigenvalue weighted by Crippen LogP contribution is -2.34. The van der Waals surface area contributed by atoms with Crippen LogP contribution in [-0.4, -0.2) is 25.2 Å². The van der Waals surface area contributed by atoms with E-state index in [0.29, 0.717) is 33.5 Å². The third kappa shape index (κ3) is 4.11. The molecule has 1 aromatic carbocycles. The Kier molecular flexibility index (Phi) is 6.17. The number of carbonyl (C=O) groups is 1. The summed E-state index contributed by atoms with van der Waals surface area (Å²) in [6.45, 7) is 2.22. The van der Waals surface area contributed by atoms with Crippen LogP contribution in [-0.2, 0) is 12.8 Å². The maximum atomic E-state index is 12.6. The molecule has 146 valence electrons. The number of anilines is 1. The summed E-state index contributed by atoms with van der Waals surface area (Å²) >= 11 is 6.84. The summed E-state index contributed by atoms with van der Waals surface area (Å²) in [5.41, 5.74) is 2.08. The van der Waals surface area contributed by atoms with E-state index in [4.69, 9.17) is 21.7 Å². The first-order valence-corrected chi connectivity index (χ1v) is 10.1. The van der Waals surface area contributed by atoms with Crippen LogP contribution in [0.1, 0.15) is 39.7 Å². The van der Waals surface area contributed by atoms with Crippen molar-refractivity contribution in [2.24, 2.45) is 5.92 Å². The van der Waals surface area contributed by atoms with Crippen LogP contribution in [0.4, 0.5) is 5.00 Å². The lowest BCUT2D eigenvalue weighted by Gasteiger charge is -2.17. The van der Waals surface area contributed by atoms with E-state index in [1.54, 1.807) is 36.6 Å². The molecule has 2 aromatic rings. The predicted octanol–water partition coefficient (Wildman–Crippen LogP) is 3.89. The minimum atomic E-state index is -0.398. The molecule has 8 heteroatoms. The highest BCUT2D eigenvalue weighted by Crippen LogP contribution is 2.39. The first kappa shape index (κ1) is 20.1. The lowest BCUT2D eigenvalue weighted by atomic mass is 9.89. The fraction of sp³-hybridized carbons (Fsp3) is 0.350. The molecule has 0 spiro atoms. The molecular weight excluding hydrogens is 394 g/mol. The molecule has 1 heterocycles.